The van der Waals surface area contributed by atoms with Crippen molar-refractivity contribution in [3.05, 3.63) is 45.8 Å². The van der Waals surface area contributed by atoms with Gasteiger partial charge in [-0.25, -0.2) is 19.7 Å². The lowest BCUT2D eigenvalue weighted by atomic mass is 9.93. The Hall–Kier alpha value is -3.59. The molecule has 1 unspecified atom stereocenters. The van der Waals surface area contributed by atoms with Gasteiger partial charge < -0.3 is 48.3 Å². The first-order valence-electron chi connectivity index (χ1n) is 22.4. The van der Waals surface area contributed by atoms with E-state index in [-0.39, 0.29) is 31.3 Å². The SMILES string of the molecule is CCCCCCCCCCCCCCCCCN(C[C@H]1O[C@@H](n2cnc3c(N)ncnc32)[C@H](OC)[C@@H]1OP(=O)([O-])OC)C(=O)C[C@H]1[C@@H](OC)[C@H](n2ccc(=O)[nH]c2=O)O[C@@H]1COC. The molecule has 3 N–H and O–H groups in total. The average Bonchev–Trinajstić information content (AvgIpc) is 3.95. The summed E-state index contributed by atoms with van der Waals surface area (Å²) in [6, 6.07) is 1.21. The molecule has 0 spiro atoms. The first-order valence-corrected chi connectivity index (χ1v) is 23.9. The van der Waals surface area contributed by atoms with Crippen LogP contribution in [0.25, 0.3) is 11.2 Å². The molecule has 21 heteroatoms. The van der Waals surface area contributed by atoms with Crippen LogP contribution in [0.15, 0.2) is 34.5 Å². The van der Waals surface area contributed by atoms with Crippen LogP contribution >= 0.6 is 7.82 Å². The number of aromatic amines is 1. The van der Waals surface area contributed by atoms with Gasteiger partial charge in [-0.05, 0) is 6.42 Å². The Labute approximate surface area is 369 Å². The molecule has 0 aliphatic carbocycles. The zero-order chi connectivity index (χ0) is 45.4. The van der Waals surface area contributed by atoms with Crippen molar-refractivity contribution < 1.29 is 47.0 Å². The Kier molecular flexibility index (Phi) is 20.2. The van der Waals surface area contributed by atoms with E-state index in [9.17, 15) is 23.8 Å². The van der Waals surface area contributed by atoms with Crippen LogP contribution in [-0.2, 0) is 42.1 Å². The highest BCUT2D eigenvalue weighted by Gasteiger charge is 2.51. The summed E-state index contributed by atoms with van der Waals surface area (Å²) in [5.74, 6) is -0.746. The molecule has 0 bridgehead atoms. The summed E-state index contributed by atoms with van der Waals surface area (Å²) in [7, 11) is 0.494. The van der Waals surface area contributed by atoms with E-state index in [1.165, 1.54) is 115 Å². The van der Waals surface area contributed by atoms with E-state index in [0.29, 0.717) is 24.1 Å². The largest absolute Gasteiger partial charge is 0.756 e. The van der Waals surface area contributed by atoms with Gasteiger partial charge in [-0.2, -0.15) is 0 Å². The number of aromatic nitrogens is 6. The number of nitrogens with one attached hydrogen (secondary N) is 1. The molecule has 3 aromatic heterocycles. The van der Waals surface area contributed by atoms with Crippen molar-refractivity contribution in [1.82, 2.24) is 34.0 Å². The summed E-state index contributed by atoms with van der Waals surface area (Å²) >= 11 is 0. The van der Waals surface area contributed by atoms with Crippen LogP contribution in [0.5, 0.6) is 0 Å². The maximum atomic E-state index is 14.7. The first-order chi connectivity index (χ1) is 30.5. The lowest BCUT2D eigenvalue weighted by molar-refractivity contribution is -0.231. The molecule has 20 nitrogen and oxygen atoms in total. The Bertz CT molecular complexity index is 2020. The van der Waals surface area contributed by atoms with E-state index >= 15 is 0 Å². The molecule has 354 valence electrons. The number of hydrogen-bond acceptors (Lipinski definition) is 16. The molecule has 63 heavy (non-hydrogen) atoms. The fourth-order valence-corrected chi connectivity index (χ4v) is 9.38. The number of ether oxygens (including phenoxy) is 5. The number of nitrogen functional groups attached to an aromatic ring is 1. The van der Waals surface area contributed by atoms with E-state index in [1.807, 2.05) is 0 Å². The minimum atomic E-state index is -4.87. The van der Waals surface area contributed by atoms with Gasteiger partial charge in [0.2, 0.25) is 5.91 Å². The summed E-state index contributed by atoms with van der Waals surface area (Å²) in [5, 5.41) is 0. The van der Waals surface area contributed by atoms with E-state index < -0.39 is 68.0 Å². The molecule has 5 heterocycles. The number of carbonyl (C=O) groups is 1. The molecule has 2 saturated heterocycles. The molecule has 2 aliphatic heterocycles. The number of H-pyrrole nitrogens is 1. The lowest BCUT2D eigenvalue weighted by Gasteiger charge is -2.33. The number of amides is 1. The number of carbonyl (C=O) groups excluding carboxylic acids is 1. The van der Waals surface area contributed by atoms with Crippen molar-refractivity contribution in [3.8, 4) is 0 Å². The van der Waals surface area contributed by atoms with Gasteiger partial charge in [0, 0.05) is 66.1 Å². The smallest absolute Gasteiger partial charge is 0.330 e. The van der Waals surface area contributed by atoms with Gasteiger partial charge in [0.1, 0.15) is 36.3 Å². The molecule has 2 aliphatic rings. The van der Waals surface area contributed by atoms with Gasteiger partial charge in [-0.1, -0.05) is 96.8 Å². The zero-order valence-electron chi connectivity index (χ0n) is 37.5. The minimum absolute atomic E-state index is 0.0876. The van der Waals surface area contributed by atoms with Crippen LogP contribution in [0.1, 0.15) is 122 Å². The van der Waals surface area contributed by atoms with E-state index in [4.69, 9.17) is 38.5 Å². The summed E-state index contributed by atoms with van der Waals surface area (Å²) in [6.07, 6.45) is 14.9. The van der Waals surface area contributed by atoms with Gasteiger partial charge >= 0.3 is 5.69 Å². The first kappa shape index (κ1) is 50.4. The number of phosphoric ester groups is 1. The molecular formula is C42H68N8O12P-. The number of fused-ring (bicyclic) bond motifs is 1. The van der Waals surface area contributed by atoms with E-state index in [2.05, 4.69) is 26.9 Å². The van der Waals surface area contributed by atoms with Crippen LogP contribution in [0, 0.1) is 5.92 Å². The van der Waals surface area contributed by atoms with Crippen molar-refractivity contribution in [2.24, 2.45) is 5.92 Å². The second-order valence-corrected chi connectivity index (χ2v) is 17.9. The summed E-state index contributed by atoms with van der Waals surface area (Å²) in [5.41, 5.74) is 5.45. The maximum Gasteiger partial charge on any atom is 0.330 e. The van der Waals surface area contributed by atoms with Crippen molar-refractivity contribution in [1.29, 1.82) is 0 Å². The van der Waals surface area contributed by atoms with E-state index in [0.717, 1.165) is 32.8 Å². The fourth-order valence-electron chi connectivity index (χ4n) is 8.74. The van der Waals surface area contributed by atoms with Gasteiger partial charge in [-0.15, -0.1) is 0 Å². The molecule has 5 rings (SSSR count). The number of rotatable bonds is 29. The third-order valence-corrected chi connectivity index (χ3v) is 13.1. The van der Waals surface area contributed by atoms with Gasteiger partial charge in [0.25, 0.3) is 13.4 Å². The number of hydrogen-bond donors (Lipinski definition) is 2. The number of imidazole rings is 1. The number of nitrogens with zero attached hydrogens (tertiary/aromatic N) is 6. The standard InChI is InChI=1S/C42H69N8O12P/c1-6-7-8-9-10-11-12-13-14-15-16-17-18-19-20-22-48(33(52)24-29-31(26-56-2)61-40(35(29)57-3)49-23-21-32(51)47-42(49)53)25-30-36(62-63(54,55)59-5)37(58-4)41(60-30)50-28-46-34-38(43)44-27-45-39(34)50/h21,23,27-31,35-37,40-41H,6-20,22,24-26H2,1-5H3,(H,54,55)(H2,43,44,45)(H,47,51,53)/p-1/t29-,30-,31-,35-,36-,37-,40-,41-/m1/s1. The second-order valence-electron chi connectivity index (χ2n) is 16.4. The zero-order valence-corrected chi connectivity index (χ0v) is 38.4. The van der Waals surface area contributed by atoms with Crippen LogP contribution in [0.4, 0.5) is 5.82 Å². The highest BCUT2D eigenvalue weighted by molar-refractivity contribution is 7.45. The highest BCUT2D eigenvalue weighted by atomic mass is 31.2. The Morgan fingerprint density at radius 1 is 0.841 bits per heavy atom. The van der Waals surface area contributed by atoms with Crippen LogP contribution < -0.4 is 21.9 Å². The number of phosphoric acid groups is 1. The normalized spacial score (nSPS) is 24.6. The van der Waals surface area contributed by atoms with Crippen LogP contribution in [-0.4, -0.2) is 119 Å². The van der Waals surface area contributed by atoms with Crippen LogP contribution in [0.3, 0.4) is 0 Å². The van der Waals surface area contributed by atoms with Gasteiger partial charge in [0.05, 0.1) is 19.0 Å². The maximum absolute atomic E-state index is 14.7. The Balaban J connectivity index is 1.32. The topological polar surface area (TPSA) is 250 Å². The average molecular weight is 908 g/mol. The molecule has 3 aromatic rings. The predicted molar refractivity (Wildman–Crippen MR) is 231 cm³/mol. The quantitative estimate of drug-likeness (QED) is 0.0711. The minimum Gasteiger partial charge on any atom is -0.756 e. The van der Waals surface area contributed by atoms with E-state index in [1.54, 1.807) is 9.47 Å². The molecule has 9 atom stereocenters. The molecular weight excluding hydrogens is 839 g/mol. The molecule has 0 aromatic carbocycles. The van der Waals surface area contributed by atoms with Crippen molar-refractivity contribution in [2.75, 3.05) is 53.9 Å². The summed E-state index contributed by atoms with van der Waals surface area (Å²) < 4.78 is 56.1. The van der Waals surface area contributed by atoms with Crippen molar-refractivity contribution in [2.45, 2.75) is 153 Å². The Morgan fingerprint density at radius 3 is 2.03 bits per heavy atom. The number of methoxy groups -OCH3 is 3. The summed E-state index contributed by atoms with van der Waals surface area (Å²) in [6.45, 7) is 2.57. The monoisotopic (exact) mass is 907 g/mol. The molecule has 0 saturated carbocycles. The number of nitrogens with two attached hydrogens (primary N) is 1. The predicted octanol–water partition coefficient (Wildman–Crippen LogP) is 4.64. The summed E-state index contributed by atoms with van der Waals surface area (Å²) in [4.78, 5) is 68.9. The fraction of sp³-hybridized carbons (Fsp3) is 0.762. The van der Waals surface area contributed by atoms with Gasteiger partial charge in [0.15, 0.2) is 23.9 Å². The second kappa shape index (κ2) is 25.2. The lowest BCUT2D eigenvalue weighted by Crippen LogP contribution is -2.46. The third-order valence-electron chi connectivity index (χ3n) is 12.1. The third kappa shape index (κ3) is 13.7. The van der Waals surface area contributed by atoms with Crippen molar-refractivity contribution in [3.63, 3.8) is 0 Å². The number of unbranched alkanes of at least 4 members (excludes halogenated alkanes) is 14. The highest BCUT2D eigenvalue weighted by Crippen LogP contribution is 2.46. The van der Waals surface area contributed by atoms with Crippen LogP contribution in [0.2, 0.25) is 0 Å². The molecule has 2 fully saturated rings. The van der Waals surface area contributed by atoms with Crippen molar-refractivity contribution >= 4 is 30.7 Å². The van der Waals surface area contributed by atoms with Gasteiger partial charge in [-0.3, -0.25) is 28.3 Å². The molecule has 1 amide bonds. The Morgan fingerprint density at radius 2 is 1.44 bits per heavy atom. The number of anilines is 1. The molecule has 0 radical (unpaired) electrons.